The molecule has 1 heterocycles. The van der Waals surface area contributed by atoms with Crippen molar-refractivity contribution in [2.75, 3.05) is 44.4 Å². The van der Waals surface area contributed by atoms with E-state index in [9.17, 15) is 16.8 Å². The van der Waals surface area contributed by atoms with Crippen LogP contribution in [-0.2, 0) is 19.9 Å². The van der Waals surface area contributed by atoms with Gasteiger partial charge in [-0.25, -0.2) is 21.1 Å². The molecule has 0 bridgehead atoms. The summed E-state index contributed by atoms with van der Waals surface area (Å²) in [7, 11) is -5.97. The molecule has 1 fully saturated rings. The largest absolute Gasteiger partial charge is 0.316 e. The van der Waals surface area contributed by atoms with Gasteiger partial charge in [0.25, 0.3) is 0 Å². The third kappa shape index (κ3) is 7.24. The molecule has 0 spiro atoms. The van der Waals surface area contributed by atoms with Crippen LogP contribution in [0.5, 0.6) is 0 Å². The Morgan fingerprint density at radius 3 is 2.47 bits per heavy atom. The fourth-order valence-electron chi connectivity index (χ4n) is 2.26. The number of nitrogens with zero attached hydrogens (tertiary/aromatic N) is 1. The summed E-state index contributed by atoms with van der Waals surface area (Å²) in [6.07, 6.45) is 4.99. The first kappa shape index (κ1) is 16.9. The van der Waals surface area contributed by atoms with Crippen LogP contribution in [0.2, 0.25) is 0 Å². The SMILES string of the molecule is CS(=O)(=O)CCCNCC1CCCN(S(C)(=O)=O)C1. The van der Waals surface area contributed by atoms with Crippen LogP contribution in [0.25, 0.3) is 0 Å². The molecule has 8 heteroatoms. The molecule has 1 aliphatic heterocycles. The normalized spacial score (nSPS) is 22.5. The third-order valence-electron chi connectivity index (χ3n) is 3.25. The molecule has 1 atom stereocenters. The second-order valence-corrected chi connectivity index (χ2v) is 9.56. The number of hydrogen-bond acceptors (Lipinski definition) is 5. The molecule has 114 valence electrons. The molecule has 0 aromatic rings. The summed E-state index contributed by atoms with van der Waals surface area (Å²) < 4.78 is 46.3. The van der Waals surface area contributed by atoms with Crippen molar-refractivity contribution in [1.29, 1.82) is 0 Å². The highest BCUT2D eigenvalue weighted by atomic mass is 32.2. The monoisotopic (exact) mass is 312 g/mol. The van der Waals surface area contributed by atoms with E-state index in [1.165, 1.54) is 16.8 Å². The molecule has 0 aromatic carbocycles. The summed E-state index contributed by atoms with van der Waals surface area (Å²) in [6, 6.07) is 0. The van der Waals surface area contributed by atoms with Crippen molar-refractivity contribution in [1.82, 2.24) is 9.62 Å². The standard InChI is InChI=1S/C11H24N2O4S2/c1-18(14,15)8-4-6-12-9-11-5-3-7-13(10-11)19(2,16)17/h11-12H,3-10H2,1-2H3. The molecule has 0 saturated carbocycles. The van der Waals surface area contributed by atoms with E-state index in [1.54, 1.807) is 0 Å². The zero-order valence-electron chi connectivity index (χ0n) is 11.6. The van der Waals surface area contributed by atoms with E-state index in [0.717, 1.165) is 19.4 Å². The van der Waals surface area contributed by atoms with E-state index in [0.29, 0.717) is 32.0 Å². The van der Waals surface area contributed by atoms with E-state index in [2.05, 4.69) is 5.32 Å². The molecule has 6 nitrogen and oxygen atoms in total. The van der Waals surface area contributed by atoms with Gasteiger partial charge in [0.05, 0.1) is 12.0 Å². The highest BCUT2D eigenvalue weighted by Crippen LogP contribution is 2.17. The van der Waals surface area contributed by atoms with Crippen LogP contribution >= 0.6 is 0 Å². The quantitative estimate of drug-likeness (QED) is 0.652. The van der Waals surface area contributed by atoms with E-state index in [1.807, 2.05) is 0 Å². The molecule has 0 radical (unpaired) electrons. The fraction of sp³-hybridized carbons (Fsp3) is 1.00. The summed E-state index contributed by atoms with van der Waals surface area (Å²) in [5.41, 5.74) is 0. The van der Waals surface area contributed by atoms with Crippen LogP contribution in [0.1, 0.15) is 19.3 Å². The van der Waals surface area contributed by atoms with Crippen LogP contribution < -0.4 is 5.32 Å². The first-order chi connectivity index (χ1) is 8.68. The van der Waals surface area contributed by atoms with Gasteiger partial charge in [-0.15, -0.1) is 0 Å². The summed E-state index contributed by atoms with van der Waals surface area (Å²) in [4.78, 5) is 0. The van der Waals surface area contributed by atoms with Gasteiger partial charge in [0.15, 0.2) is 0 Å². The molecule has 1 unspecified atom stereocenters. The molecule has 0 aromatic heterocycles. The van der Waals surface area contributed by atoms with E-state index in [4.69, 9.17) is 0 Å². The first-order valence-electron chi connectivity index (χ1n) is 6.52. The number of rotatable bonds is 7. The van der Waals surface area contributed by atoms with Gasteiger partial charge < -0.3 is 5.32 Å². The van der Waals surface area contributed by atoms with Crippen molar-refractivity contribution in [2.24, 2.45) is 5.92 Å². The maximum Gasteiger partial charge on any atom is 0.211 e. The zero-order valence-corrected chi connectivity index (χ0v) is 13.3. The third-order valence-corrected chi connectivity index (χ3v) is 5.55. The lowest BCUT2D eigenvalue weighted by molar-refractivity contribution is 0.261. The maximum atomic E-state index is 11.5. The van der Waals surface area contributed by atoms with E-state index in [-0.39, 0.29) is 5.75 Å². The average molecular weight is 312 g/mol. The Hall–Kier alpha value is -0.180. The van der Waals surface area contributed by atoms with Crippen molar-refractivity contribution in [3.8, 4) is 0 Å². The minimum atomic E-state index is -3.09. The van der Waals surface area contributed by atoms with Gasteiger partial charge in [0.2, 0.25) is 10.0 Å². The number of sulfonamides is 1. The zero-order chi connectivity index (χ0) is 14.5. The Bertz CT molecular complexity index is 473. The van der Waals surface area contributed by atoms with Gasteiger partial charge in [-0.1, -0.05) is 0 Å². The molecule has 1 saturated heterocycles. The lowest BCUT2D eigenvalue weighted by Gasteiger charge is -2.31. The molecular weight excluding hydrogens is 288 g/mol. The van der Waals surface area contributed by atoms with Crippen molar-refractivity contribution in [3.63, 3.8) is 0 Å². The van der Waals surface area contributed by atoms with Crippen molar-refractivity contribution >= 4 is 19.9 Å². The Morgan fingerprint density at radius 1 is 1.21 bits per heavy atom. The molecule has 1 rings (SSSR count). The lowest BCUT2D eigenvalue weighted by atomic mass is 10.00. The predicted molar refractivity (Wildman–Crippen MR) is 76.3 cm³/mol. The van der Waals surface area contributed by atoms with Gasteiger partial charge in [-0.05, 0) is 38.3 Å². The average Bonchev–Trinajstić information content (AvgIpc) is 2.26. The van der Waals surface area contributed by atoms with Crippen LogP contribution in [0, 0.1) is 5.92 Å². The maximum absolute atomic E-state index is 11.5. The van der Waals surface area contributed by atoms with Gasteiger partial charge in [0, 0.05) is 19.3 Å². The molecule has 0 aliphatic carbocycles. The summed E-state index contributed by atoms with van der Waals surface area (Å²) in [5.74, 6) is 0.516. The molecule has 1 N–H and O–H groups in total. The van der Waals surface area contributed by atoms with Crippen LogP contribution in [0.4, 0.5) is 0 Å². The number of piperidine rings is 1. The van der Waals surface area contributed by atoms with Gasteiger partial charge in [-0.3, -0.25) is 0 Å². The minimum absolute atomic E-state index is 0.195. The summed E-state index contributed by atoms with van der Waals surface area (Å²) in [5, 5.41) is 3.21. The second-order valence-electron chi connectivity index (χ2n) is 5.32. The smallest absolute Gasteiger partial charge is 0.211 e. The highest BCUT2D eigenvalue weighted by Gasteiger charge is 2.25. The van der Waals surface area contributed by atoms with Crippen LogP contribution in [0.15, 0.2) is 0 Å². The second kappa shape index (κ2) is 7.01. The summed E-state index contributed by atoms with van der Waals surface area (Å²) in [6.45, 7) is 2.58. The fourth-order valence-corrected chi connectivity index (χ4v) is 3.87. The minimum Gasteiger partial charge on any atom is -0.316 e. The molecule has 0 amide bonds. The van der Waals surface area contributed by atoms with Crippen LogP contribution in [-0.4, -0.2) is 65.6 Å². The van der Waals surface area contributed by atoms with Gasteiger partial charge >= 0.3 is 0 Å². The van der Waals surface area contributed by atoms with Gasteiger partial charge in [-0.2, -0.15) is 0 Å². The summed E-state index contributed by atoms with van der Waals surface area (Å²) >= 11 is 0. The highest BCUT2D eigenvalue weighted by molar-refractivity contribution is 7.90. The van der Waals surface area contributed by atoms with Crippen LogP contribution in [0.3, 0.4) is 0 Å². The number of nitrogens with one attached hydrogen (secondary N) is 1. The number of sulfone groups is 1. The topological polar surface area (TPSA) is 83.6 Å². The van der Waals surface area contributed by atoms with Crippen molar-refractivity contribution < 1.29 is 16.8 Å². The number of hydrogen-bond donors (Lipinski definition) is 1. The van der Waals surface area contributed by atoms with E-state index >= 15 is 0 Å². The first-order valence-corrected chi connectivity index (χ1v) is 10.4. The Morgan fingerprint density at radius 2 is 1.89 bits per heavy atom. The Balaban J connectivity index is 2.23. The Kier molecular flexibility index (Phi) is 6.22. The molecule has 1 aliphatic rings. The lowest BCUT2D eigenvalue weighted by Crippen LogP contribution is -2.42. The van der Waals surface area contributed by atoms with Crippen molar-refractivity contribution in [2.45, 2.75) is 19.3 Å². The van der Waals surface area contributed by atoms with Crippen molar-refractivity contribution in [3.05, 3.63) is 0 Å². The molecule has 19 heavy (non-hydrogen) atoms. The van der Waals surface area contributed by atoms with E-state index < -0.39 is 19.9 Å². The Labute approximate surface area is 116 Å². The predicted octanol–water partition coefficient (Wildman–Crippen LogP) is -0.318. The van der Waals surface area contributed by atoms with Gasteiger partial charge in [0.1, 0.15) is 9.84 Å². The molecular formula is C11H24N2O4S2.